The largest absolute Gasteiger partial charge is 0.459 e. The van der Waals surface area contributed by atoms with Crippen LogP contribution in [0.25, 0.3) is 0 Å². The molecule has 0 N–H and O–H groups in total. The number of anilines is 1. The Kier molecular flexibility index (Phi) is 4.12. The monoisotopic (exact) mass is 338 g/mol. The maximum absolute atomic E-state index is 12.4. The molecule has 1 amide bonds. The summed E-state index contributed by atoms with van der Waals surface area (Å²) in [6, 6.07) is 7.52. The van der Waals surface area contributed by atoms with Crippen molar-refractivity contribution in [3.8, 4) is 6.07 Å². The third kappa shape index (κ3) is 2.96. The third-order valence-electron chi connectivity index (χ3n) is 4.63. The van der Waals surface area contributed by atoms with Crippen molar-refractivity contribution >= 4 is 11.7 Å². The highest BCUT2D eigenvalue weighted by atomic mass is 16.5. The fourth-order valence-electron chi connectivity index (χ4n) is 3.28. The zero-order valence-electron chi connectivity index (χ0n) is 13.8. The quantitative estimate of drug-likeness (QED) is 0.827. The van der Waals surface area contributed by atoms with Crippen molar-refractivity contribution in [1.82, 2.24) is 9.88 Å². The van der Waals surface area contributed by atoms with Crippen LogP contribution in [0.15, 0.2) is 28.9 Å². The van der Waals surface area contributed by atoms with E-state index in [4.69, 9.17) is 14.1 Å². The predicted molar refractivity (Wildman–Crippen MR) is 89.1 cm³/mol. The van der Waals surface area contributed by atoms with Crippen LogP contribution in [0, 0.1) is 11.3 Å². The van der Waals surface area contributed by atoms with Crippen molar-refractivity contribution in [2.45, 2.75) is 13.0 Å². The van der Waals surface area contributed by atoms with E-state index < -0.39 is 0 Å². The lowest BCUT2D eigenvalue weighted by Crippen LogP contribution is -2.49. The van der Waals surface area contributed by atoms with Gasteiger partial charge in [0.1, 0.15) is 11.9 Å². The van der Waals surface area contributed by atoms with E-state index in [9.17, 15) is 10.1 Å². The Morgan fingerprint density at radius 3 is 2.84 bits per heavy atom. The van der Waals surface area contributed by atoms with E-state index in [1.807, 2.05) is 6.07 Å². The number of hydrogen-bond acceptors (Lipinski definition) is 6. The lowest BCUT2D eigenvalue weighted by molar-refractivity contribution is 0.0714. The number of fused-ring (bicyclic) bond motifs is 1. The third-order valence-corrected chi connectivity index (χ3v) is 4.63. The first-order valence-corrected chi connectivity index (χ1v) is 8.34. The molecule has 1 saturated heterocycles. The van der Waals surface area contributed by atoms with Gasteiger partial charge in [0.25, 0.3) is 5.91 Å². The van der Waals surface area contributed by atoms with E-state index in [2.05, 4.69) is 11.0 Å². The number of nitrogens with zero attached hydrogens (tertiary/aromatic N) is 4. The second kappa shape index (κ2) is 6.57. The summed E-state index contributed by atoms with van der Waals surface area (Å²) in [6.45, 7) is 3.62. The summed E-state index contributed by atoms with van der Waals surface area (Å²) >= 11 is 0. The van der Waals surface area contributed by atoms with E-state index in [0.29, 0.717) is 56.5 Å². The minimum atomic E-state index is -0.0966. The molecule has 4 heterocycles. The smallest absolute Gasteiger partial charge is 0.289 e. The van der Waals surface area contributed by atoms with Crippen molar-refractivity contribution in [3.63, 3.8) is 0 Å². The molecule has 0 spiro atoms. The number of nitriles is 1. The average Bonchev–Trinajstić information content (AvgIpc) is 3.21. The molecule has 25 heavy (non-hydrogen) atoms. The van der Waals surface area contributed by atoms with Crippen LogP contribution in [0.2, 0.25) is 0 Å². The van der Waals surface area contributed by atoms with Crippen LogP contribution in [0.1, 0.15) is 27.4 Å². The molecule has 0 atom stereocenters. The van der Waals surface area contributed by atoms with Crippen LogP contribution >= 0.6 is 0 Å². The maximum Gasteiger partial charge on any atom is 0.289 e. The molecule has 2 aromatic heterocycles. The van der Waals surface area contributed by atoms with Crippen LogP contribution in [0.5, 0.6) is 0 Å². The van der Waals surface area contributed by atoms with Gasteiger partial charge >= 0.3 is 0 Å². The van der Waals surface area contributed by atoms with Crippen LogP contribution in [0.3, 0.4) is 0 Å². The number of amides is 1. The standard InChI is InChI=1S/C18H18N4O3/c19-11-13-10-14-12-24-9-3-15(14)20-17(13)21-4-6-22(7-5-21)18(23)16-2-1-8-25-16/h1-2,8,10H,3-7,9,12H2. The Morgan fingerprint density at radius 2 is 2.12 bits per heavy atom. The molecule has 0 aromatic carbocycles. The van der Waals surface area contributed by atoms with E-state index >= 15 is 0 Å². The Hall–Kier alpha value is -2.85. The zero-order valence-corrected chi connectivity index (χ0v) is 13.8. The van der Waals surface area contributed by atoms with Crippen molar-refractivity contribution < 1.29 is 13.9 Å². The highest BCUT2D eigenvalue weighted by Gasteiger charge is 2.26. The molecule has 7 nitrogen and oxygen atoms in total. The van der Waals surface area contributed by atoms with Crippen molar-refractivity contribution in [3.05, 3.63) is 47.0 Å². The number of carbonyl (C=O) groups is 1. The van der Waals surface area contributed by atoms with E-state index in [-0.39, 0.29) is 5.91 Å². The maximum atomic E-state index is 12.4. The minimum Gasteiger partial charge on any atom is -0.459 e. The minimum absolute atomic E-state index is 0.0966. The zero-order chi connectivity index (χ0) is 17.2. The summed E-state index contributed by atoms with van der Waals surface area (Å²) in [5.41, 5.74) is 2.57. The van der Waals surface area contributed by atoms with Gasteiger partial charge in [-0.2, -0.15) is 5.26 Å². The van der Waals surface area contributed by atoms with E-state index in [1.165, 1.54) is 6.26 Å². The van der Waals surface area contributed by atoms with Crippen molar-refractivity contribution in [2.24, 2.45) is 0 Å². The molecular formula is C18H18N4O3. The van der Waals surface area contributed by atoms with Crippen LogP contribution in [-0.2, 0) is 17.8 Å². The lowest BCUT2D eigenvalue weighted by Gasteiger charge is -2.35. The lowest BCUT2D eigenvalue weighted by atomic mass is 10.1. The summed E-state index contributed by atoms with van der Waals surface area (Å²) < 4.78 is 10.6. The second-order valence-electron chi connectivity index (χ2n) is 6.14. The highest BCUT2D eigenvalue weighted by Crippen LogP contribution is 2.25. The van der Waals surface area contributed by atoms with Gasteiger partial charge < -0.3 is 19.0 Å². The summed E-state index contributed by atoms with van der Waals surface area (Å²) in [6.07, 6.45) is 2.27. The normalized spacial score (nSPS) is 17.1. The summed E-state index contributed by atoms with van der Waals surface area (Å²) in [4.78, 5) is 20.9. The molecule has 1 fully saturated rings. The van der Waals surface area contributed by atoms with Crippen molar-refractivity contribution in [1.29, 1.82) is 5.26 Å². The number of hydrogen-bond donors (Lipinski definition) is 0. The SMILES string of the molecule is N#Cc1cc2c(nc1N1CCN(C(=O)c3ccco3)CC1)CCOC2. The second-order valence-corrected chi connectivity index (χ2v) is 6.14. The molecule has 2 aliphatic heterocycles. The molecule has 2 aromatic rings. The van der Waals surface area contributed by atoms with Gasteiger partial charge in [-0.25, -0.2) is 4.98 Å². The Bertz CT molecular complexity index is 818. The molecule has 0 bridgehead atoms. The van der Waals surface area contributed by atoms with Gasteiger partial charge in [0.05, 0.1) is 30.7 Å². The highest BCUT2D eigenvalue weighted by molar-refractivity contribution is 5.91. The summed E-state index contributed by atoms with van der Waals surface area (Å²) in [5, 5.41) is 9.48. The molecule has 2 aliphatic rings. The number of rotatable bonds is 2. The first kappa shape index (κ1) is 15.7. The first-order chi connectivity index (χ1) is 12.3. The molecule has 7 heteroatoms. The van der Waals surface area contributed by atoms with Gasteiger partial charge in [-0.05, 0) is 18.2 Å². The van der Waals surface area contributed by atoms with Gasteiger partial charge in [-0.3, -0.25) is 4.79 Å². The molecule has 0 aliphatic carbocycles. The number of carbonyl (C=O) groups excluding carboxylic acids is 1. The Morgan fingerprint density at radius 1 is 1.28 bits per heavy atom. The summed E-state index contributed by atoms with van der Waals surface area (Å²) in [7, 11) is 0. The summed E-state index contributed by atoms with van der Waals surface area (Å²) in [5.74, 6) is 0.979. The number of piperazine rings is 1. The molecule has 0 unspecified atom stereocenters. The van der Waals surface area contributed by atoms with Gasteiger partial charge in [0.2, 0.25) is 0 Å². The predicted octanol–water partition coefficient (Wildman–Crippen LogP) is 1.58. The van der Waals surface area contributed by atoms with Gasteiger partial charge in [0, 0.05) is 38.2 Å². The molecule has 0 radical (unpaired) electrons. The number of aromatic nitrogens is 1. The molecule has 128 valence electrons. The first-order valence-electron chi connectivity index (χ1n) is 8.34. The fourth-order valence-corrected chi connectivity index (χ4v) is 3.28. The van der Waals surface area contributed by atoms with Crippen molar-refractivity contribution in [2.75, 3.05) is 37.7 Å². The number of ether oxygens (including phenoxy) is 1. The Balaban J connectivity index is 1.51. The Labute approximate surface area is 145 Å². The molecular weight excluding hydrogens is 320 g/mol. The van der Waals surface area contributed by atoms with E-state index in [0.717, 1.165) is 17.7 Å². The number of pyridine rings is 1. The van der Waals surface area contributed by atoms with Gasteiger partial charge in [-0.1, -0.05) is 0 Å². The average molecular weight is 338 g/mol. The van der Waals surface area contributed by atoms with Gasteiger partial charge in [-0.15, -0.1) is 0 Å². The van der Waals surface area contributed by atoms with E-state index in [1.54, 1.807) is 17.0 Å². The van der Waals surface area contributed by atoms with Crippen LogP contribution in [-0.4, -0.2) is 48.6 Å². The topological polar surface area (TPSA) is 82.6 Å². The van der Waals surface area contributed by atoms with Crippen LogP contribution in [0.4, 0.5) is 5.82 Å². The molecule has 0 saturated carbocycles. The van der Waals surface area contributed by atoms with Gasteiger partial charge in [0.15, 0.2) is 5.76 Å². The number of furan rings is 1. The van der Waals surface area contributed by atoms with Crippen LogP contribution < -0.4 is 4.90 Å². The molecule has 4 rings (SSSR count). The fraction of sp³-hybridized carbons (Fsp3) is 0.389.